The Balaban J connectivity index is 1.98. The minimum atomic E-state index is 0.398. The summed E-state index contributed by atoms with van der Waals surface area (Å²) in [5.41, 5.74) is 2.30. The van der Waals surface area contributed by atoms with Crippen LogP contribution in [0.3, 0.4) is 0 Å². The molecule has 0 aromatic carbocycles. The first-order valence-electron chi connectivity index (χ1n) is 5.78. The Morgan fingerprint density at radius 1 is 1.08 bits per heavy atom. The van der Waals surface area contributed by atoms with E-state index in [1.807, 2.05) is 0 Å². The van der Waals surface area contributed by atoms with Crippen molar-refractivity contribution in [3.63, 3.8) is 0 Å². The smallest absolute Gasteiger partial charge is 0.0140 e. The summed E-state index contributed by atoms with van der Waals surface area (Å²) >= 11 is 0. The van der Waals surface area contributed by atoms with Crippen LogP contribution in [0.5, 0.6) is 0 Å². The third kappa shape index (κ3) is 2.15. The predicted molar refractivity (Wildman–Crippen MR) is 61.9 cm³/mol. The molecule has 0 atom stereocenters. The van der Waals surface area contributed by atoms with Gasteiger partial charge >= 0.3 is 0 Å². The zero-order valence-electron chi connectivity index (χ0n) is 8.71. The first-order valence-corrected chi connectivity index (χ1v) is 7.45. The van der Waals surface area contributed by atoms with E-state index in [9.17, 15) is 0 Å². The molecule has 2 aliphatic heterocycles. The average Bonchev–Trinajstić information content (AvgIpc) is 2.14. The molecule has 0 aromatic heterocycles. The van der Waals surface area contributed by atoms with Crippen LogP contribution >= 0.6 is 7.92 Å². The van der Waals surface area contributed by atoms with E-state index in [2.05, 4.69) is 19.1 Å². The fourth-order valence-corrected chi connectivity index (χ4v) is 6.66. The van der Waals surface area contributed by atoms with Crippen molar-refractivity contribution >= 4 is 7.92 Å². The van der Waals surface area contributed by atoms with Crippen LogP contribution in [0.1, 0.15) is 45.4 Å². The summed E-state index contributed by atoms with van der Waals surface area (Å²) in [5, 5.41) is 0. The molecular weight excluding hydrogens is 175 g/mol. The second-order valence-corrected chi connectivity index (χ2v) is 7.29. The summed E-state index contributed by atoms with van der Waals surface area (Å²) in [6.45, 7) is 2.16. The Morgan fingerprint density at radius 2 is 1.62 bits per heavy atom. The van der Waals surface area contributed by atoms with E-state index in [-0.39, 0.29) is 0 Å². The number of allylic oxidation sites excluding steroid dienone is 2. The molecule has 2 saturated heterocycles. The lowest BCUT2D eigenvalue weighted by Crippen LogP contribution is -2.27. The van der Waals surface area contributed by atoms with Gasteiger partial charge in [0.15, 0.2) is 0 Å². The van der Waals surface area contributed by atoms with Crippen LogP contribution in [0.25, 0.3) is 0 Å². The molecule has 13 heavy (non-hydrogen) atoms. The lowest BCUT2D eigenvalue weighted by Gasteiger charge is -2.42. The van der Waals surface area contributed by atoms with E-state index in [0.29, 0.717) is 7.92 Å². The van der Waals surface area contributed by atoms with Crippen LogP contribution in [-0.2, 0) is 0 Å². The van der Waals surface area contributed by atoms with Crippen molar-refractivity contribution in [3.8, 4) is 0 Å². The summed E-state index contributed by atoms with van der Waals surface area (Å²) in [5.74, 6) is 0. The van der Waals surface area contributed by atoms with E-state index in [1.165, 1.54) is 19.0 Å². The second kappa shape index (κ2) is 4.60. The molecule has 2 rings (SSSR count). The summed E-state index contributed by atoms with van der Waals surface area (Å²) in [6, 6.07) is 0. The number of hydrogen-bond donors (Lipinski definition) is 0. The van der Waals surface area contributed by atoms with Crippen LogP contribution in [0, 0.1) is 0 Å². The van der Waals surface area contributed by atoms with E-state index in [1.54, 1.807) is 25.7 Å². The standard InChI is InChI=1S/C12H21P/c1-2-3-10-13-11-6-4-7-12(13)9-5-8-11/h2-3,11-12H,4-10H2,1H3/b3-2+. The van der Waals surface area contributed by atoms with Crippen molar-refractivity contribution in [1.82, 2.24) is 0 Å². The first kappa shape index (κ1) is 9.71. The van der Waals surface area contributed by atoms with E-state index in [4.69, 9.17) is 0 Å². The molecule has 74 valence electrons. The van der Waals surface area contributed by atoms with Gasteiger partial charge in [0.2, 0.25) is 0 Å². The maximum atomic E-state index is 2.42. The molecule has 0 saturated carbocycles. The van der Waals surface area contributed by atoms with Crippen LogP contribution in [0.4, 0.5) is 0 Å². The van der Waals surface area contributed by atoms with Crippen LogP contribution < -0.4 is 0 Å². The third-order valence-corrected chi connectivity index (χ3v) is 7.18. The van der Waals surface area contributed by atoms with Crippen LogP contribution in [0.15, 0.2) is 12.2 Å². The molecule has 0 unspecified atom stereocenters. The first-order chi connectivity index (χ1) is 6.42. The summed E-state index contributed by atoms with van der Waals surface area (Å²) in [7, 11) is 0.398. The van der Waals surface area contributed by atoms with Gasteiger partial charge in [-0.05, 0) is 50.1 Å². The number of rotatable bonds is 2. The maximum absolute atomic E-state index is 2.42. The number of fused-ring (bicyclic) bond motifs is 2. The van der Waals surface area contributed by atoms with Crippen LogP contribution in [0.2, 0.25) is 0 Å². The Kier molecular flexibility index (Phi) is 3.44. The maximum Gasteiger partial charge on any atom is -0.0140 e. The molecule has 1 heteroatoms. The quantitative estimate of drug-likeness (QED) is 0.459. The Morgan fingerprint density at radius 3 is 2.08 bits per heavy atom. The highest BCUT2D eigenvalue weighted by Gasteiger charge is 2.34. The van der Waals surface area contributed by atoms with Crippen LogP contribution in [-0.4, -0.2) is 17.5 Å². The van der Waals surface area contributed by atoms with E-state index < -0.39 is 0 Å². The van der Waals surface area contributed by atoms with Crippen molar-refractivity contribution in [2.75, 3.05) is 6.16 Å². The van der Waals surface area contributed by atoms with Gasteiger partial charge in [-0.25, -0.2) is 0 Å². The Labute approximate surface area is 83.6 Å². The highest BCUT2D eigenvalue weighted by atomic mass is 31.1. The molecule has 2 bridgehead atoms. The van der Waals surface area contributed by atoms with Crippen molar-refractivity contribution in [2.24, 2.45) is 0 Å². The SMILES string of the molecule is C/C=C/CP1C2CCCC1CCC2. The van der Waals surface area contributed by atoms with Crippen molar-refractivity contribution in [3.05, 3.63) is 12.2 Å². The average molecular weight is 196 g/mol. The lowest BCUT2D eigenvalue weighted by molar-refractivity contribution is 0.476. The minimum absolute atomic E-state index is 0.398. The summed E-state index contributed by atoms with van der Waals surface area (Å²) in [4.78, 5) is 0. The molecule has 0 N–H and O–H groups in total. The summed E-state index contributed by atoms with van der Waals surface area (Å²) in [6.07, 6.45) is 15.4. The van der Waals surface area contributed by atoms with Gasteiger partial charge in [0.1, 0.15) is 0 Å². The van der Waals surface area contributed by atoms with Crippen molar-refractivity contribution < 1.29 is 0 Å². The summed E-state index contributed by atoms with van der Waals surface area (Å²) < 4.78 is 0. The van der Waals surface area contributed by atoms with Gasteiger partial charge in [-0.2, -0.15) is 0 Å². The molecule has 0 amide bonds. The molecule has 0 aliphatic carbocycles. The lowest BCUT2D eigenvalue weighted by atomic mass is 9.99. The topological polar surface area (TPSA) is 0 Å². The molecule has 0 radical (unpaired) electrons. The van der Waals surface area contributed by atoms with Gasteiger partial charge in [0.25, 0.3) is 0 Å². The van der Waals surface area contributed by atoms with Gasteiger partial charge in [-0.15, -0.1) is 0 Å². The molecule has 2 aliphatic rings. The monoisotopic (exact) mass is 196 g/mol. The highest BCUT2D eigenvalue weighted by molar-refractivity contribution is 7.59. The van der Waals surface area contributed by atoms with Gasteiger partial charge in [-0.3, -0.25) is 0 Å². The van der Waals surface area contributed by atoms with Gasteiger partial charge < -0.3 is 0 Å². The fourth-order valence-electron chi connectivity index (χ4n) is 2.95. The molecule has 0 spiro atoms. The van der Waals surface area contributed by atoms with Gasteiger partial charge in [0, 0.05) is 0 Å². The molecular formula is C12H21P. The molecule has 0 nitrogen and oxygen atoms in total. The number of hydrogen-bond acceptors (Lipinski definition) is 0. The zero-order chi connectivity index (χ0) is 9.10. The van der Waals surface area contributed by atoms with Gasteiger partial charge in [0.05, 0.1) is 0 Å². The Bertz CT molecular complexity index is 164. The minimum Gasteiger partial charge on any atom is -0.0965 e. The Hall–Kier alpha value is 0.170. The molecule has 2 heterocycles. The second-order valence-electron chi connectivity index (χ2n) is 4.44. The van der Waals surface area contributed by atoms with Crippen molar-refractivity contribution in [1.29, 1.82) is 0 Å². The largest absolute Gasteiger partial charge is 0.0965 e. The van der Waals surface area contributed by atoms with Gasteiger partial charge in [-0.1, -0.05) is 32.9 Å². The zero-order valence-corrected chi connectivity index (χ0v) is 9.60. The molecule has 0 aromatic rings. The van der Waals surface area contributed by atoms with E-state index in [0.717, 1.165) is 11.3 Å². The predicted octanol–water partition coefficient (Wildman–Crippen LogP) is 4.15. The normalized spacial score (nSPS) is 39.6. The van der Waals surface area contributed by atoms with E-state index >= 15 is 0 Å². The fraction of sp³-hybridized carbons (Fsp3) is 0.833. The molecule has 2 fully saturated rings. The highest BCUT2D eigenvalue weighted by Crippen LogP contribution is 2.59. The third-order valence-electron chi connectivity index (χ3n) is 3.64. The van der Waals surface area contributed by atoms with Crippen molar-refractivity contribution in [2.45, 2.75) is 56.8 Å².